The van der Waals surface area contributed by atoms with E-state index in [4.69, 9.17) is 11.6 Å². The first-order chi connectivity index (χ1) is 15.3. The lowest BCUT2D eigenvalue weighted by molar-refractivity contribution is 0.102. The Morgan fingerprint density at radius 2 is 1.69 bits per heavy atom. The SMILES string of the molecule is Cc1ccc(C(=O)Nc2nnc(-c3ccc(Cl)cc3)s2)cc1NS(=O)(=O)c1ccccc1. The maximum atomic E-state index is 12.7. The van der Waals surface area contributed by atoms with Gasteiger partial charge in [0, 0.05) is 16.1 Å². The minimum Gasteiger partial charge on any atom is -0.296 e. The number of benzene rings is 3. The molecule has 10 heteroatoms. The molecule has 32 heavy (non-hydrogen) atoms. The number of nitrogens with one attached hydrogen (secondary N) is 2. The molecular weight excluding hydrogens is 468 g/mol. The van der Waals surface area contributed by atoms with Gasteiger partial charge in [0.25, 0.3) is 15.9 Å². The van der Waals surface area contributed by atoms with E-state index in [1.165, 1.54) is 29.5 Å². The molecule has 7 nitrogen and oxygen atoms in total. The van der Waals surface area contributed by atoms with Crippen molar-refractivity contribution in [2.45, 2.75) is 11.8 Å². The zero-order valence-electron chi connectivity index (χ0n) is 16.7. The summed E-state index contributed by atoms with van der Waals surface area (Å²) in [5.41, 5.74) is 2.12. The number of aryl methyl sites for hydroxylation is 1. The summed E-state index contributed by atoms with van der Waals surface area (Å²) in [6.45, 7) is 1.76. The van der Waals surface area contributed by atoms with Crippen LogP contribution in [0.1, 0.15) is 15.9 Å². The number of carbonyl (C=O) groups excluding carboxylic acids is 1. The molecule has 1 amide bonds. The van der Waals surface area contributed by atoms with Gasteiger partial charge < -0.3 is 0 Å². The number of nitrogens with zero attached hydrogens (tertiary/aromatic N) is 2. The van der Waals surface area contributed by atoms with Crippen molar-refractivity contribution in [3.8, 4) is 10.6 Å². The lowest BCUT2D eigenvalue weighted by atomic mass is 10.1. The van der Waals surface area contributed by atoms with Gasteiger partial charge in [-0.2, -0.15) is 0 Å². The fourth-order valence-electron chi connectivity index (χ4n) is 2.83. The van der Waals surface area contributed by atoms with Crippen molar-refractivity contribution in [2.24, 2.45) is 0 Å². The van der Waals surface area contributed by atoms with Gasteiger partial charge in [-0.3, -0.25) is 14.8 Å². The molecule has 0 radical (unpaired) electrons. The predicted octanol–water partition coefficient (Wildman–Crippen LogP) is 5.22. The van der Waals surface area contributed by atoms with E-state index in [0.29, 0.717) is 26.4 Å². The number of aromatic nitrogens is 2. The maximum absolute atomic E-state index is 12.7. The molecule has 0 aliphatic heterocycles. The van der Waals surface area contributed by atoms with E-state index >= 15 is 0 Å². The minimum atomic E-state index is -3.78. The van der Waals surface area contributed by atoms with Crippen LogP contribution in [0.2, 0.25) is 5.02 Å². The van der Waals surface area contributed by atoms with Crippen LogP contribution in [0.3, 0.4) is 0 Å². The van der Waals surface area contributed by atoms with Crippen LogP contribution in [0.25, 0.3) is 10.6 Å². The van der Waals surface area contributed by atoms with Gasteiger partial charge in [0.15, 0.2) is 0 Å². The lowest BCUT2D eigenvalue weighted by Crippen LogP contribution is -2.16. The van der Waals surface area contributed by atoms with Crippen LogP contribution in [-0.2, 0) is 10.0 Å². The highest BCUT2D eigenvalue weighted by Crippen LogP contribution is 2.28. The summed E-state index contributed by atoms with van der Waals surface area (Å²) in [5.74, 6) is -0.427. The van der Waals surface area contributed by atoms with E-state index in [1.54, 1.807) is 49.4 Å². The van der Waals surface area contributed by atoms with Crippen LogP contribution in [-0.4, -0.2) is 24.5 Å². The normalized spacial score (nSPS) is 11.2. The summed E-state index contributed by atoms with van der Waals surface area (Å²) >= 11 is 7.13. The van der Waals surface area contributed by atoms with Crippen molar-refractivity contribution < 1.29 is 13.2 Å². The number of amides is 1. The van der Waals surface area contributed by atoms with E-state index in [9.17, 15) is 13.2 Å². The zero-order valence-corrected chi connectivity index (χ0v) is 19.1. The van der Waals surface area contributed by atoms with E-state index in [2.05, 4.69) is 20.2 Å². The monoisotopic (exact) mass is 484 g/mol. The van der Waals surface area contributed by atoms with Gasteiger partial charge in [-0.25, -0.2) is 8.42 Å². The fraction of sp³-hybridized carbons (Fsp3) is 0.0455. The summed E-state index contributed by atoms with van der Waals surface area (Å²) in [5, 5.41) is 12.4. The summed E-state index contributed by atoms with van der Waals surface area (Å²) in [4.78, 5) is 12.9. The Morgan fingerprint density at radius 3 is 2.41 bits per heavy atom. The van der Waals surface area contributed by atoms with Gasteiger partial charge in [-0.05, 0) is 48.9 Å². The van der Waals surface area contributed by atoms with E-state index in [0.717, 1.165) is 5.56 Å². The van der Waals surface area contributed by atoms with Gasteiger partial charge in [0.2, 0.25) is 5.13 Å². The second kappa shape index (κ2) is 9.07. The molecule has 0 bridgehead atoms. The number of sulfonamides is 1. The van der Waals surface area contributed by atoms with Gasteiger partial charge in [0.1, 0.15) is 5.01 Å². The van der Waals surface area contributed by atoms with Gasteiger partial charge in [0.05, 0.1) is 10.6 Å². The Hall–Kier alpha value is -3.27. The Labute approximate surface area is 194 Å². The number of hydrogen-bond donors (Lipinski definition) is 2. The molecule has 0 spiro atoms. The summed E-state index contributed by atoms with van der Waals surface area (Å²) < 4.78 is 27.8. The molecule has 0 unspecified atom stereocenters. The first kappa shape index (κ1) is 21.9. The second-order valence-electron chi connectivity index (χ2n) is 6.82. The van der Waals surface area contributed by atoms with Crippen molar-refractivity contribution in [1.29, 1.82) is 0 Å². The number of rotatable bonds is 6. The minimum absolute atomic E-state index is 0.137. The van der Waals surface area contributed by atoms with Gasteiger partial charge in [-0.15, -0.1) is 10.2 Å². The number of anilines is 2. The third-order valence-corrected chi connectivity index (χ3v) is 7.06. The van der Waals surface area contributed by atoms with Crippen LogP contribution in [0.15, 0.2) is 77.7 Å². The topological polar surface area (TPSA) is 101 Å². The third-order valence-electron chi connectivity index (χ3n) is 4.53. The number of hydrogen-bond acceptors (Lipinski definition) is 6. The average Bonchev–Trinajstić information content (AvgIpc) is 3.24. The molecular formula is C22H17ClN4O3S2. The molecule has 3 aromatic carbocycles. The first-order valence-corrected chi connectivity index (χ1v) is 12.1. The van der Waals surface area contributed by atoms with E-state index in [1.807, 2.05) is 12.1 Å². The highest BCUT2D eigenvalue weighted by molar-refractivity contribution is 7.92. The van der Waals surface area contributed by atoms with Gasteiger partial charge >= 0.3 is 0 Å². The van der Waals surface area contributed by atoms with E-state index < -0.39 is 15.9 Å². The Kier molecular flexibility index (Phi) is 6.22. The van der Waals surface area contributed by atoms with E-state index in [-0.39, 0.29) is 10.5 Å². The largest absolute Gasteiger partial charge is 0.296 e. The maximum Gasteiger partial charge on any atom is 0.261 e. The van der Waals surface area contributed by atoms with Gasteiger partial charge in [-0.1, -0.05) is 59.3 Å². The highest BCUT2D eigenvalue weighted by atomic mass is 35.5. The molecule has 2 N–H and O–H groups in total. The molecule has 4 aromatic rings. The Morgan fingerprint density at radius 1 is 0.969 bits per heavy atom. The Bertz CT molecular complexity index is 1370. The molecule has 0 saturated carbocycles. The standard InChI is InChI=1S/C22H17ClN4O3S2/c1-14-7-8-16(13-19(14)27-32(29,30)18-5-3-2-4-6-18)20(28)24-22-26-25-21(31-22)15-9-11-17(23)12-10-15/h2-13,27H,1H3,(H,24,26,28). The van der Waals surface area contributed by atoms with Crippen LogP contribution in [0.5, 0.6) is 0 Å². The zero-order chi connectivity index (χ0) is 22.7. The van der Waals surface area contributed by atoms with Crippen LogP contribution >= 0.6 is 22.9 Å². The van der Waals surface area contributed by atoms with Crippen molar-refractivity contribution >= 4 is 49.7 Å². The average molecular weight is 485 g/mol. The number of carbonyl (C=O) groups is 1. The molecule has 4 rings (SSSR count). The summed E-state index contributed by atoms with van der Waals surface area (Å²) in [6.07, 6.45) is 0. The fourth-order valence-corrected chi connectivity index (χ4v) is 4.84. The Balaban J connectivity index is 1.52. The third kappa shape index (κ3) is 4.96. The molecule has 0 saturated heterocycles. The molecule has 0 atom stereocenters. The molecule has 0 aliphatic rings. The van der Waals surface area contributed by atoms with Crippen molar-refractivity contribution in [2.75, 3.05) is 10.0 Å². The second-order valence-corrected chi connectivity index (χ2v) is 9.92. The van der Waals surface area contributed by atoms with Crippen LogP contribution in [0, 0.1) is 6.92 Å². The van der Waals surface area contributed by atoms with Crippen molar-refractivity contribution in [1.82, 2.24) is 10.2 Å². The first-order valence-electron chi connectivity index (χ1n) is 9.41. The smallest absolute Gasteiger partial charge is 0.261 e. The van der Waals surface area contributed by atoms with Crippen molar-refractivity contribution in [3.05, 3.63) is 88.9 Å². The van der Waals surface area contributed by atoms with Crippen molar-refractivity contribution in [3.63, 3.8) is 0 Å². The van der Waals surface area contributed by atoms with Crippen LogP contribution < -0.4 is 10.0 Å². The number of halogens is 1. The molecule has 162 valence electrons. The quantitative estimate of drug-likeness (QED) is 0.390. The lowest BCUT2D eigenvalue weighted by Gasteiger charge is -2.12. The predicted molar refractivity (Wildman–Crippen MR) is 127 cm³/mol. The summed E-state index contributed by atoms with van der Waals surface area (Å²) in [7, 11) is -3.78. The molecule has 1 aromatic heterocycles. The summed E-state index contributed by atoms with van der Waals surface area (Å²) in [6, 6.07) is 20.0. The molecule has 0 aliphatic carbocycles. The van der Waals surface area contributed by atoms with Crippen LogP contribution in [0.4, 0.5) is 10.8 Å². The molecule has 1 heterocycles. The molecule has 0 fully saturated rings. The highest BCUT2D eigenvalue weighted by Gasteiger charge is 2.17.